The number of thiazole rings is 1. The molecule has 0 aliphatic carbocycles. The number of rotatable bonds is 8. The molecule has 1 unspecified atom stereocenters. The van der Waals surface area contributed by atoms with Crippen molar-refractivity contribution in [1.82, 2.24) is 4.57 Å². The number of esters is 1. The number of hydrogen-bond donors (Lipinski definition) is 0. The lowest BCUT2D eigenvalue weighted by atomic mass is 9.96. The highest BCUT2D eigenvalue weighted by Gasteiger charge is 2.33. The van der Waals surface area contributed by atoms with Crippen LogP contribution in [0.5, 0.6) is 5.75 Å². The number of carbonyl (C=O) groups excluding carboxylic acids is 1. The van der Waals surface area contributed by atoms with Crippen LogP contribution in [0, 0.1) is 0 Å². The van der Waals surface area contributed by atoms with Crippen LogP contribution in [0.4, 0.5) is 0 Å². The number of unbranched alkanes of at least 4 members (excludes halogenated alkanes) is 1. The summed E-state index contributed by atoms with van der Waals surface area (Å²) in [7, 11) is 0. The highest BCUT2D eigenvalue weighted by atomic mass is 32.1. The van der Waals surface area contributed by atoms with Gasteiger partial charge in [0.15, 0.2) is 4.80 Å². The molecule has 2 aromatic heterocycles. The highest BCUT2D eigenvalue weighted by molar-refractivity contribution is 7.11. The van der Waals surface area contributed by atoms with Crippen LogP contribution in [-0.2, 0) is 9.53 Å². The van der Waals surface area contributed by atoms with E-state index in [9.17, 15) is 9.59 Å². The van der Waals surface area contributed by atoms with Crippen molar-refractivity contribution in [3.05, 3.63) is 83.2 Å². The number of hydrogen-bond acceptors (Lipinski definition) is 7. The minimum atomic E-state index is -0.615. The van der Waals surface area contributed by atoms with Crippen molar-refractivity contribution < 1.29 is 14.3 Å². The van der Waals surface area contributed by atoms with E-state index in [0.717, 1.165) is 29.0 Å². The van der Waals surface area contributed by atoms with Crippen LogP contribution < -0.4 is 19.6 Å². The van der Waals surface area contributed by atoms with Crippen molar-refractivity contribution in [2.45, 2.75) is 39.7 Å². The molecule has 1 aliphatic heterocycles. The molecule has 0 saturated carbocycles. The van der Waals surface area contributed by atoms with Gasteiger partial charge in [-0.15, -0.1) is 11.3 Å². The van der Waals surface area contributed by atoms with Gasteiger partial charge in [0, 0.05) is 4.88 Å². The van der Waals surface area contributed by atoms with Crippen molar-refractivity contribution in [2.75, 3.05) is 13.2 Å². The first-order chi connectivity index (χ1) is 16.0. The van der Waals surface area contributed by atoms with Gasteiger partial charge in [-0.2, -0.15) is 0 Å². The van der Waals surface area contributed by atoms with Crippen molar-refractivity contribution >= 4 is 34.7 Å². The first-order valence-corrected chi connectivity index (χ1v) is 12.7. The van der Waals surface area contributed by atoms with Gasteiger partial charge < -0.3 is 9.47 Å². The number of nitrogens with zero attached hydrogens (tertiary/aromatic N) is 2. The van der Waals surface area contributed by atoms with E-state index in [4.69, 9.17) is 9.47 Å². The second-order valence-electron chi connectivity index (χ2n) is 7.59. The third-order valence-corrected chi connectivity index (χ3v) is 7.10. The van der Waals surface area contributed by atoms with Gasteiger partial charge in [0.05, 0.1) is 35.1 Å². The van der Waals surface area contributed by atoms with E-state index in [1.807, 2.05) is 47.9 Å². The molecule has 3 aromatic rings. The molecule has 1 aromatic carbocycles. The van der Waals surface area contributed by atoms with E-state index < -0.39 is 12.0 Å². The largest absolute Gasteiger partial charge is 0.494 e. The monoisotopic (exact) mass is 482 g/mol. The lowest BCUT2D eigenvalue weighted by Gasteiger charge is -2.24. The van der Waals surface area contributed by atoms with Crippen LogP contribution in [0.25, 0.3) is 6.08 Å². The van der Waals surface area contributed by atoms with Crippen molar-refractivity contribution in [1.29, 1.82) is 0 Å². The molecule has 0 bridgehead atoms. The molecule has 8 heteroatoms. The van der Waals surface area contributed by atoms with Crippen LogP contribution in [0.15, 0.2) is 62.8 Å². The third kappa shape index (κ3) is 4.86. The average molecular weight is 483 g/mol. The van der Waals surface area contributed by atoms with Gasteiger partial charge in [0.2, 0.25) is 0 Å². The number of allylic oxidation sites excluding steroid dienone is 1. The van der Waals surface area contributed by atoms with Crippen LogP contribution in [0.2, 0.25) is 0 Å². The van der Waals surface area contributed by atoms with Crippen molar-refractivity contribution in [3.8, 4) is 5.75 Å². The Balaban J connectivity index is 1.83. The van der Waals surface area contributed by atoms with Crippen LogP contribution in [-0.4, -0.2) is 23.8 Å². The van der Waals surface area contributed by atoms with Gasteiger partial charge in [0.1, 0.15) is 5.75 Å². The summed E-state index contributed by atoms with van der Waals surface area (Å²) >= 11 is 2.90. The SMILES string of the molecule is CCCCOc1ccc(C2C(C(=O)OCC)=C(C)N=c3s/c(=C\c4cccs4)c(=O)n32)cc1. The lowest BCUT2D eigenvalue weighted by molar-refractivity contribution is -0.139. The molecule has 4 rings (SSSR count). The second kappa shape index (κ2) is 10.3. The number of thiophene rings is 1. The van der Waals surface area contributed by atoms with Crippen molar-refractivity contribution in [3.63, 3.8) is 0 Å². The van der Waals surface area contributed by atoms with Gasteiger partial charge in [-0.3, -0.25) is 9.36 Å². The summed E-state index contributed by atoms with van der Waals surface area (Å²) in [5.41, 5.74) is 1.57. The molecule has 33 heavy (non-hydrogen) atoms. The first-order valence-electron chi connectivity index (χ1n) is 11.0. The molecule has 1 atom stereocenters. The number of benzene rings is 1. The summed E-state index contributed by atoms with van der Waals surface area (Å²) in [6.07, 6.45) is 3.92. The molecule has 0 saturated heterocycles. The van der Waals surface area contributed by atoms with E-state index >= 15 is 0 Å². The minimum absolute atomic E-state index is 0.172. The fourth-order valence-electron chi connectivity index (χ4n) is 3.69. The van der Waals surface area contributed by atoms with Gasteiger partial charge in [-0.25, -0.2) is 9.79 Å². The Labute approximate surface area is 200 Å². The predicted octanol–water partition coefficient (Wildman–Crippen LogP) is 4.04. The maximum absolute atomic E-state index is 13.5. The molecule has 6 nitrogen and oxygen atoms in total. The van der Waals surface area contributed by atoms with Crippen LogP contribution >= 0.6 is 22.7 Å². The molecule has 172 valence electrons. The van der Waals surface area contributed by atoms with Crippen molar-refractivity contribution in [2.24, 2.45) is 4.99 Å². The Morgan fingerprint density at radius 3 is 2.67 bits per heavy atom. The Hall–Kier alpha value is -2.97. The Bertz CT molecular complexity index is 1330. The molecule has 0 spiro atoms. The molecule has 3 heterocycles. The molecule has 0 N–H and O–H groups in total. The van der Waals surface area contributed by atoms with Gasteiger partial charge in [-0.05, 0) is 55.5 Å². The summed E-state index contributed by atoms with van der Waals surface area (Å²) in [4.78, 5) is 32.6. The van der Waals surface area contributed by atoms with E-state index in [2.05, 4.69) is 11.9 Å². The minimum Gasteiger partial charge on any atom is -0.494 e. The zero-order valence-electron chi connectivity index (χ0n) is 18.9. The lowest BCUT2D eigenvalue weighted by Crippen LogP contribution is -2.39. The molecular weight excluding hydrogens is 456 g/mol. The second-order valence-corrected chi connectivity index (χ2v) is 9.58. The van der Waals surface area contributed by atoms with E-state index in [0.29, 0.717) is 27.2 Å². The maximum atomic E-state index is 13.5. The molecule has 1 aliphatic rings. The van der Waals surface area contributed by atoms with Crippen LogP contribution in [0.1, 0.15) is 50.1 Å². The van der Waals surface area contributed by atoms with Gasteiger partial charge in [-0.1, -0.05) is 42.9 Å². The van der Waals surface area contributed by atoms with Crippen LogP contribution in [0.3, 0.4) is 0 Å². The molecule has 0 amide bonds. The van der Waals surface area contributed by atoms with Gasteiger partial charge >= 0.3 is 5.97 Å². The number of ether oxygens (including phenoxy) is 2. The number of aromatic nitrogens is 1. The summed E-state index contributed by atoms with van der Waals surface area (Å²) in [6.45, 7) is 6.57. The van der Waals surface area contributed by atoms with E-state index in [1.54, 1.807) is 29.8 Å². The van der Waals surface area contributed by atoms with E-state index in [1.165, 1.54) is 11.3 Å². The maximum Gasteiger partial charge on any atom is 0.338 e. The average Bonchev–Trinajstić information content (AvgIpc) is 3.42. The summed E-state index contributed by atoms with van der Waals surface area (Å²) in [6, 6.07) is 10.9. The zero-order valence-corrected chi connectivity index (χ0v) is 20.5. The quantitative estimate of drug-likeness (QED) is 0.359. The Morgan fingerprint density at radius 2 is 2.00 bits per heavy atom. The fraction of sp³-hybridized carbons (Fsp3) is 0.320. The predicted molar refractivity (Wildman–Crippen MR) is 132 cm³/mol. The topological polar surface area (TPSA) is 69.9 Å². The summed E-state index contributed by atoms with van der Waals surface area (Å²) < 4.78 is 13.3. The standard InChI is InChI=1S/C25H26N2O4S2/c1-4-6-13-31-18-11-9-17(10-12-18)22-21(24(29)30-5-2)16(3)26-25-27(22)23(28)20(33-25)15-19-8-7-14-32-19/h7-12,14-15,22H,4-6,13H2,1-3H3/b20-15-. The molecule has 0 fully saturated rings. The summed E-state index contributed by atoms with van der Waals surface area (Å²) in [5.74, 6) is 0.301. The smallest absolute Gasteiger partial charge is 0.338 e. The third-order valence-electron chi connectivity index (χ3n) is 5.30. The fourth-order valence-corrected chi connectivity index (χ4v) is 5.46. The number of carbonyl (C=O) groups is 1. The Kier molecular flexibility index (Phi) is 7.25. The summed E-state index contributed by atoms with van der Waals surface area (Å²) in [5, 5.41) is 1.97. The normalized spacial score (nSPS) is 15.8. The highest BCUT2D eigenvalue weighted by Crippen LogP contribution is 2.31. The molecule has 0 radical (unpaired) electrons. The first kappa shape index (κ1) is 23.2. The van der Waals surface area contributed by atoms with Gasteiger partial charge in [0.25, 0.3) is 5.56 Å². The Morgan fingerprint density at radius 1 is 1.21 bits per heavy atom. The molecular formula is C25H26N2O4S2. The number of fused-ring (bicyclic) bond motifs is 1. The van der Waals surface area contributed by atoms with E-state index in [-0.39, 0.29) is 12.2 Å². The zero-order chi connectivity index (χ0) is 23.4.